The van der Waals surface area contributed by atoms with Crippen LogP contribution >= 0.6 is 0 Å². The number of carbonyl (C=O) groups excluding carboxylic acids is 3. The van der Waals surface area contributed by atoms with Gasteiger partial charge in [-0.15, -0.1) is 0 Å². The zero-order valence-corrected chi connectivity index (χ0v) is 22.1. The van der Waals surface area contributed by atoms with Crippen molar-refractivity contribution in [2.45, 2.75) is 6.42 Å². The Labute approximate surface area is 222 Å². The van der Waals surface area contributed by atoms with E-state index in [9.17, 15) is 14.4 Å². The van der Waals surface area contributed by atoms with Crippen molar-refractivity contribution in [1.82, 2.24) is 15.1 Å². The van der Waals surface area contributed by atoms with Gasteiger partial charge in [0, 0.05) is 56.9 Å². The van der Waals surface area contributed by atoms with E-state index < -0.39 is 6.09 Å². The van der Waals surface area contributed by atoms with Crippen LogP contribution in [0.25, 0.3) is 0 Å². The molecule has 11 heteroatoms. The van der Waals surface area contributed by atoms with Crippen LogP contribution in [0.2, 0.25) is 0 Å². The Hall–Kier alpha value is -3.99. The molecule has 38 heavy (non-hydrogen) atoms. The van der Waals surface area contributed by atoms with E-state index in [0.717, 1.165) is 25.2 Å². The zero-order chi connectivity index (χ0) is 27.1. The van der Waals surface area contributed by atoms with Gasteiger partial charge in [-0.3, -0.25) is 14.9 Å². The van der Waals surface area contributed by atoms with Gasteiger partial charge in [0.2, 0.25) is 0 Å². The number of hydrogen-bond acceptors (Lipinski definition) is 8. The number of benzene rings is 2. The van der Waals surface area contributed by atoms with Crippen LogP contribution in [-0.4, -0.2) is 101 Å². The Morgan fingerprint density at radius 1 is 0.763 bits per heavy atom. The smallest absolute Gasteiger partial charge is 0.411 e. The summed E-state index contributed by atoms with van der Waals surface area (Å²) >= 11 is 0. The van der Waals surface area contributed by atoms with Crippen LogP contribution in [0.15, 0.2) is 36.4 Å². The average Bonchev–Trinajstić information content (AvgIpc) is 3.26. The highest BCUT2D eigenvalue weighted by molar-refractivity contribution is 5.99. The predicted molar refractivity (Wildman–Crippen MR) is 144 cm³/mol. The van der Waals surface area contributed by atoms with Crippen molar-refractivity contribution >= 4 is 29.3 Å². The first kappa shape index (κ1) is 27.1. The maximum atomic E-state index is 13.2. The molecule has 0 radical (unpaired) electrons. The molecule has 2 N–H and O–H groups in total. The Bertz CT molecular complexity index is 1160. The highest BCUT2D eigenvalue weighted by Gasteiger charge is 2.26. The van der Waals surface area contributed by atoms with Gasteiger partial charge in [-0.2, -0.15) is 0 Å². The summed E-state index contributed by atoms with van der Waals surface area (Å²) in [6.45, 7) is 5.06. The summed E-state index contributed by atoms with van der Waals surface area (Å²) in [5.74, 6) is 0.903. The minimum Gasteiger partial charge on any atom is -0.493 e. The molecule has 4 rings (SSSR count). The molecule has 2 heterocycles. The van der Waals surface area contributed by atoms with Gasteiger partial charge in [0.25, 0.3) is 11.8 Å². The van der Waals surface area contributed by atoms with Crippen molar-refractivity contribution < 1.29 is 28.6 Å². The molecule has 2 aliphatic rings. The first-order valence-electron chi connectivity index (χ1n) is 12.7. The molecule has 2 aromatic rings. The molecule has 0 aliphatic carbocycles. The third kappa shape index (κ3) is 6.10. The highest BCUT2D eigenvalue weighted by atomic mass is 16.5. The molecule has 0 bridgehead atoms. The Balaban J connectivity index is 1.48. The molecular formula is C27H35N5O6. The summed E-state index contributed by atoms with van der Waals surface area (Å²) < 4.78 is 15.4. The molecule has 204 valence electrons. The minimum absolute atomic E-state index is 0.0708. The summed E-state index contributed by atoms with van der Waals surface area (Å²) in [5, 5.41) is 6.06. The Morgan fingerprint density at radius 2 is 1.42 bits per heavy atom. The largest absolute Gasteiger partial charge is 0.493 e. The number of rotatable bonds is 6. The number of carbonyl (C=O) groups is 3. The van der Waals surface area contributed by atoms with Crippen molar-refractivity contribution in [3.63, 3.8) is 0 Å². The number of hydrogen-bond donors (Lipinski definition) is 2. The topological polar surface area (TPSA) is 113 Å². The molecule has 11 nitrogen and oxygen atoms in total. The van der Waals surface area contributed by atoms with Crippen LogP contribution in [-0.2, 0) is 4.74 Å². The van der Waals surface area contributed by atoms with E-state index in [4.69, 9.17) is 14.2 Å². The lowest BCUT2D eigenvalue weighted by Crippen LogP contribution is -2.49. The van der Waals surface area contributed by atoms with Gasteiger partial charge in [-0.1, -0.05) is 0 Å². The number of nitrogens with zero attached hydrogens (tertiary/aromatic N) is 3. The number of piperazine rings is 1. The maximum absolute atomic E-state index is 13.2. The minimum atomic E-state index is -0.614. The van der Waals surface area contributed by atoms with E-state index in [2.05, 4.69) is 15.5 Å². The van der Waals surface area contributed by atoms with Crippen molar-refractivity contribution in [3.8, 4) is 11.5 Å². The number of nitrogens with one attached hydrogen (secondary N) is 2. The summed E-state index contributed by atoms with van der Waals surface area (Å²) in [5.41, 5.74) is 2.29. The van der Waals surface area contributed by atoms with Crippen molar-refractivity contribution in [3.05, 3.63) is 47.5 Å². The fourth-order valence-electron chi connectivity index (χ4n) is 4.74. The number of amides is 3. The molecule has 0 aromatic heterocycles. The van der Waals surface area contributed by atoms with Crippen molar-refractivity contribution in [2.24, 2.45) is 0 Å². The van der Waals surface area contributed by atoms with Crippen LogP contribution in [0.3, 0.4) is 0 Å². The summed E-state index contributed by atoms with van der Waals surface area (Å²) in [6, 6.07) is 10.5. The average molecular weight is 526 g/mol. The van der Waals surface area contributed by atoms with Crippen molar-refractivity contribution in [1.29, 1.82) is 0 Å². The van der Waals surface area contributed by atoms with Gasteiger partial charge >= 0.3 is 6.09 Å². The van der Waals surface area contributed by atoms with E-state index in [0.29, 0.717) is 67.6 Å². The monoisotopic (exact) mass is 525 g/mol. The Morgan fingerprint density at radius 3 is 2.11 bits per heavy atom. The SMILES string of the molecule is COC(=O)Nc1cc(C(=O)N2CCCNCC2)ccc1N1CCN(C(=O)c2ccc(OC)c(OC)c2)CC1. The summed E-state index contributed by atoms with van der Waals surface area (Å²) in [7, 11) is 4.39. The van der Waals surface area contributed by atoms with E-state index in [1.54, 1.807) is 42.3 Å². The number of methoxy groups -OCH3 is 3. The molecule has 2 aromatic carbocycles. The third-order valence-corrected chi connectivity index (χ3v) is 6.83. The number of ether oxygens (including phenoxy) is 3. The third-order valence-electron chi connectivity index (χ3n) is 6.83. The van der Waals surface area contributed by atoms with Crippen LogP contribution in [0.4, 0.5) is 16.2 Å². The Kier molecular flexibility index (Phi) is 8.90. The van der Waals surface area contributed by atoms with E-state index in [1.165, 1.54) is 14.2 Å². The fraction of sp³-hybridized carbons (Fsp3) is 0.444. The van der Waals surface area contributed by atoms with E-state index >= 15 is 0 Å². The van der Waals surface area contributed by atoms with Gasteiger partial charge < -0.3 is 34.2 Å². The second kappa shape index (κ2) is 12.5. The molecule has 0 unspecified atom stereocenters. The standard InChI is InChI=1S/C27H35N5O6/c1-36-23-8-6-20(18-24(23)37-2)26(34)32-15-13-30(14-16-32)22-7-5-19(17-21(22)29-27(35)38-3)25(33)31-11-4-9-28-10-12-31/h5-8,17-18,28H,4,9-16H2,1-3H3,(H,29,35). The van der Waals surface area contributed by atoms with Gasteiger partial charge in [-0.25, -0.2) is 4.79 Å². The molecular weight excluding hydrogens is 490 g/mol. The second-order valence-corrected chi connectivity index (χ2v) is 9.09. The predicted octanol–water partition coefficient (Wildman–Crippen LogP) is 2.28. The molecule has 0 atom stereocenters. The van der Waals surface area contributed by atoms with E-state index in [1.807, 2.05) is 11.0 Å². The van der Waals surface area contributed by atoms with Gasteiger partial charge in [0.1, 0.15) is 0 Å². The number of anilines is 2. The first-order chi connectivity index (χ1) is 18.4. The van der Waals surface area contributed by atoms with Crippen LogP contribution in [0, 0.1) is 0 Å². The lowest BCUT2D eigenvalue weighted by molar-refractivity contribution is 0.0743. The van der Waals surface area contributed by atoms with Crippen LogP contribution < -0.4 is 25.0 Å². The van der Waals surface area contributed by atoms with Gasteiger partial charge in [0.05, 0.1) is 32.7 Å². The maximum Gasteiger partial charge on any atom is 0.411 e. The zero-order valence-electron chi connectivity index (χ0n) is 22.1. The second-order valence-electron chi connectivity index (χ2n) is 9.09. The first-order valence-corrected chi connectivity index (χ1v) is 12.7. The molecule has 2 saturated heterocycles. The molecule has 0 spiro atoms. The van der Waals surface area contributed by atoms with Gasteiger partial charge in [0.15, 0.2) is 11.5 Å². The van der Waals surface area contributed by atoms with Crippen molar-refractivity contribution in [2.75, 3.05) is 83.9 Å². The summed E-state index contributed by atoms with van der Waals surface area (Å²) in [6.07, 6.45) is 0.278. The molecule has 0 saturated carbocycles. The lowest BCUT2D eigenvalue weighted by atomic mass is 10.1. The highest BCUT2D eigenvalue weighted by Crippen LogP contribution is 2.31. The normalized spacial score (nSPS) is 15.9. The quantitative estimate of drug-likeness (QED) is 0.591. The van der Waals surface area contributed by atoms with Crippen LogP contribution in [0.1, 0.15) is 27.1 Å². The lowest BCUT2D eigenvalue weighted by Gasteiger charge is -2.37. The van der Waals surface area contributed by atoms with E-state index in [-0.39, 0.29) is 11.8 Å². The van der Waals surface area contributed by atoms with Crippen LogP contribution in [0.5, 0.6) is 11.5 Å². The molecule has 2 aliphatic heterocycles. The molecule has 2 fully saturated rings. The fourth-order valence-corrected chi connectivity index (χ4v) is 4.74. The summed E-state index contributed by atoms with van der Waals surface area (Å²) in [4.78, 5) is 44.1. The molecule has 3 amide bonds. The van der Waals surface area contributed by atoms with Gasteiger partial charge in [-0.05, 0) is 49.4 Å².